The number of amides is 1. The van der Waals surface area contributed by atoms with Crippen LogP contribution < -0.4 is 15.1 Å². The smallest absolute Gasteiger partial charge is 0.295 e. The van der Waals surface area contributed by atoms with Crippen molar-refractivity contribution in [3.05, 3.63) is 97.8 Å². The van der Waals surface area contributed by atoms with Crippen LogP contribution in [-0.4, -0.2) is 17.6 Å². The summed E-state index contributed by atoms with van der Waals surface area (Å²) in [6, 6.07) is 16.7. The van der Waals surface area contributed by atoms with E-state index in [0.717, 1.165) is 10.0 Å². The Morgan fingerprint density at radius 1 is 1.06 bits per heavy atom. The number of carbonyl (C=O) groups excluding carboxylic acids is 1. The molecular formula is C26H20BrNO5. The zero-order chi connectivity index (χ0) is 23.3. The van der Waals surface area contributed by atoms with Crippen molar-refractivity contribution in [2.45, 2.75) is 19.9 Å². The van der Waals surface area contributed by atoms with Crippen molar-refractivity contribution in [2.24, 2.45) is 0 Å². The summed E-state index contributed by atoms with van der Waals surface area (Å²) in [6.45, 7) is 4.08. The van der Waals surface area contributed by atoms with Gasteiger partial charge in [-0.1, -0.05) is 33.6 Å². The fraction of sp³-hybridized carbons (Fsp3) is 0.154. The lowest BCUT2D eigenvalue weighted by atomic mass is 9.97. The van der Waals surface area contributed by atoms with Gasteiger partial charge in [-0.25, -0.2) is 0 Å². The first kappa shape index (κ1) is 21.3. The molecule has 1 aliphatic heterocycles. The lowest BCUT2D eigenvalue weighted by Gasteiger charge is -2.25. The predicted molar refractivity (Wildman–Crippen MR) is 129 cm³/mol. The molecule has 6 nitrogen and oxygen atoms in total. The molecule has 3 aromatic carbocycles. The van der Waals surface area contributed by atoms with Crippen LogP contribution in [0.15, 0.2) is 74.3 Å². The zero-order valence-corrected chi connectivity index (χ0v) is 19.5. The van der Waals surface area contributed by atoms with Gasteiger partial charge in [-0.05, 0) is 67.9 Å². The number of ether oxygens (including phenoxy) is 1. The Kier molecular flexibility index (Phi) is 5.21. The van der Waals surface area contributed by atoms with E-state index in [1.54, 1.807) is 41.3 Å². The van der Waals surface area contributed by atoms with Crippen molar-refractivity contribution in [2.75, 3.05) is 11.5 Å². The number of benzene rings is 3. The first-order valence-corrected chi connectivity index (χ1v) is 11.3. The summed E-state index contributed by atoms with van der Waals surface area (Å²) in [7, 11) is 0. The number of fused-ring (bicyclic) bond motifs is 2. The van der Waals surface area contributed by atoms with Crippen molar-refractivity contribution in [1.82, 2.24) is 0 Å². The third kappa shape index (κ3) is 3.49. The maximum atomic E-state index is 13.7. The minimum absolute atomic E-state index is 0.0125. The Morgan fingerprint density at radius 2 is 1.82 bits per heavy atom. The molecule has 1 amide bonds. The van der Waals surface area contributed by atoms with Gasteiger partial charge in [-0.2, -0.15) is 0 Å². The van der Waals surface area contributed by atoms with Crippen LogP contribution in [0.3, 0.4) is 0 Å². The highest BCUT2D eigenvalue weighted by atomic mass is 79.9. The second-order valence-corrected chi connectivity index (χ2v) is 8.80. The number of phenolic OH excluding ortho intramolecular Hbond substituents is 1. The quantitative estimate of drug-likeness (QED) is 0.383. The first-order chi connectivity index (χ1) is 15.9. The van der Waals surface area contributed by atoms with Crippen molar-refractivity contribution in [1.29, 1.82) is 0 Å². The molecule has 7 heteroatoms. The number of aromatic hydroxyl groups is 1. The van der Waals surface area contributed by atoms with E-state index in [-0.39, 0.29) is 28.3 Å². The van der Waals surface area contributed by atoms with Crippen molar-refractivity contribution in [3.8, 4) is 11.5 Å². The molecular weight excluding hydrogens is 486 g/mol. The number of rotatable bonds is 4. The number of hydrogen-bond acceptors (Lipinski definition) is 5. The van der Waals surface area contributed by atoms with Crippen molar-refractivity contribution in [3.63, 3.8) is 0 Å². The first-order valence-electron chi connectivity index (χ1n) is 10.5. The van der Waals surface area contributed by atoms with Gasteiger partial charge in [0.15, 0.2) is 16.9 Å². The summed E-state index contributed by atoms with van der Waals surface area (Å²) < 4.78 is 12.4. The Morgan fingerprint density at radius 3 is 2.55 bits per heavy atom. The molecule has 0 aliphatic carbocycles. The second kappa shape index (κ2) is 8.08. The molecule has 33 heavy (non-hydrogen) atoms. The van der Waals surface area contributed by atoms with Gasteiger partial charge in [0.2, 0.25) is 5.76 Å². The van der Waals surface area contributed by atoms with Crippen LogP contribution in [0.25, 0.3) is 11.0 Å². The molecule has 1 aromatic heterocycles. The molecule has 0 bridgehead atoms. The lowest BCUT2D eigenvalue weighted by Crippen LogP contribution is -2.29. The number of hydrogen-bond donors (Lipinski definition) is 1. The topological polar surface area (TPSA) is 80.0 Å². The maximum absolute atomic E-state index is 13.7. The van der Waals surface area contributed by atoms with E-state index in [0.29, 0.717) is 28.8 Å². The molecule has 0 saturated heterocycles. The van der Waals surface area contributed by atoms with Crippen LogP contribution in [-0.2, 0) is 0 Å². The number of halogens is 1. The monoisotopic (exact) mass is 505 g/mol. The molecule has 0 saturated carbocycles. The van der Waals surface area contributed by atoms with Gasteiger partial charge >= 0.3 is 0 Å². The number of nitrogens with zero attached hydrogens (tertiary/aromatic N) is 1. The zero-order valence-electron chi connectivity index (χ0n) is 18.0. The van der Waals surface area contributed by atoms with Crippen LogP contribution >= 0.6 is 15.9 Å². The number of carbonyl (C=O) groups is 1. The van der Waals surface area contributed by atoms with Crippen molar-refractivity contribution >= 4 is 38.5 Å². The van der Waals surface area contributed by atoms with Gasteiger partial charge in [-0.15, -0.1) is 0 Å². The van der Waals surface area contributed by atoms with Crippen LogP contribution in [0.4, 0.5) is 5.69 Å². The SMILES string of the molecule is CCOc1cc(C2c3c(oc4ccc(C)cc4c3=O)C(=O)N2c2ccc(Br)cc2)ccc1O. The Hall–Kier alpha value is -3.58. The van der Waals surface area contributed by atoms with Gasteiger partial charge in [0.1, 0.15) is 5.58 Å². The molecule has 0 radical (unpaired) electrons. The van der Waals surface area contributed by atoms with E-state index in [9.17, 15) is 14.7 Å². The summed E-state index contributed by atoms with van der Waals surface area (Å²) in [5, 5.41) is 10.6. The third-order valence-corrected chi connectivity index (χ3v) is 6.26. The summed E-state index contributed by atoms with van der Waals surface area (Å²) in [4.78, 5) is 28.8. The average molecular weight is 506 g/mol. The minimum atomic E-state index is -0.741. The van der Waals surface area contributed by atoms with E-state index in [1.165, 1.54) is 6.07 Å². The normalized spacial score (nSPS) is 15.2. The van der Waals surface area contributed by atoms with Crippen LogP contribution in [0, 0.1) is 6.92 Å². The summed E-state index contributed by atoms with van der Waals surface area (Å²) in [6.07, 6.45) is 0. The third-order valence-electron chi connectivity index (χ3n) is 5.73. The largest absolute Gasteiger partial charge is 0.504 e. The van der Waals surface area contributed by atoms with Crippen LogP contribution in [0.1, 0.15) is 40.2 Å². The Labute approximate surface area is 198 Å². The van der Waals surface area contributed by atoms with Gasteiger partial charge in [0.05, 0.1) is 23.6 Å². The summed E-state index contributed by atoms with van der Waals surface area (Å²) >= 11 is 3.42. The highest BCUT2D eigenvalue weighted by Crippen LogP contribution is 2.43. The van der Waals surface area contributed by atoms with Crippen LogP contribution in [0.2, 0.25) is 0 Å². The highest BCUT2D eigenvalue weighted by Gasteiger charge is 2.43. The molecule has 0 spiro atoms. The van der Waals surface area contributed by atoms with Gasteiger partial charge in [0.25, 0.3) is 5.91 Å². The highest BCUT2D eigenvalue weighted by molar-refractivity contribution is 9.10. The fourth-order valence-corrected chi connectivity index (χ4v) is 4.51. The molecule has 1 aliphatic rings. The fourth-order valence-electron chi connectivity index (χ4n) is 4.24. The number of aryl methyl sites for hydroxylation is 1. The van der Waals surface area contributed by atoms with Crippen molar-refractivity contribution < 1.29 is 19.1 Å². The molecule has 4 aromatic rings. The van der Waals surface area contributed by atoms with Crippen LogP contribution in [0.5, 0.6) is 11.5 Å². The Balaban J connectivity index is 1.80. The molecule has 0 fully saturated rings. The number of phenols is 1. The molecule has 1 unspecified atom stereocenters. The molecule has 5 rings (SSSR count). The maximum Gasteiger partial charge on any atom is 0.295 e. The minimum Gasteiger partial charge on any atom is -0.504 e. The van der Waals surface area contributed by atoms with E-state index in [2.05, 4.69) is 15.9 Å². The van der Waals surface area contributed by atoms with Gasteiger partial charge < -0.3 is 14.3 Å². The van der Waals surface area contributed by atoms with E-state index in [4.69, 9.17) is 9.15 Å². The number of anilines is 1. The van der Waals surface area contributed by atoms with E-state index < -0.39 is 11.9 Å². The van der Waals surface area contributed by atoms with Gasteiger partial charge in [0, 0.05) is 10.2 Å². The average Bonchev–Trinajstić information content (AvgIpc) is 3.09. The Bertz CT molecular complexity index is 1460. The molecule has 1 atom stereocenters. The lowest BCUT2D eigenvalue weighted by molar-refractivity contribution is 0.0971. The molecule has 166 valence electrons. The summed E-state index contributed by atoms with van der Waals surface area (Å²) in [5.41, 5.74) is 2.56. The van der Waals surface area contributed by atoms with Gasteiger partial charge in [-0.3, -0.25) is 14.5 Å². The predicted octanol–water partition coefficient (Wildman–Crippen LogP) is 5.72. The molecule has 2 heterocycles. The van der Waals surface area contributed by atoms with E-state index >= 15 is 0 Å². The standard InChI is InChI=1S/C26H20BrNO5/c1-3-32-21-13-15(5-10-19(21)29)23-22-24(30)18-12-14(2)4-11-20(18)33-25(22)26(31)28(23)17-8-6-16(27)7-9-17/h4-13,23,29H,3H2,1-2H3. The summed E-state index contributed by atoms with van der Waals surface area (Å²) in [5.74, 6) is -0.104. The second-order valence-electron chi connectivity index (χ2n) is 7.89. The van der Waals surface area contributed by atoms with E-state index in [1.807, 2.05) is 32.0 Å². The molecule has 1 N–H and O–H groups in total.